The molecule has 0 aromatic rings. The summed E-state index contributed by atoms with van der Waals surface area (Å²) in [5, 5.41) is 0. The highest BCUT2D eigenvalue weighted by atomic mass is 14.7. The zero-order chi connectivity index (χ0) is 10.1. The summed E-state index contributed by atoms with van der Waals surface area (Å²) in [4.78, 5) is 0. The molecule has 2 aliphatic carbocycles. The van der Waals surface area contributed by atoms with Crippen molar-refractivity contribution < 1.29 is 0 Å². The molecule has 0 aliphatic heterocycles. The highest BCUT2D eigenvalue weighted by Crippen LogP contribution is 2.41. The summed E-state index contributed by atoms with van der Waals surface area (Å²) in [6, 6.07) is 0.495. The van der Waals surface area contributed by atoms with Gasteiger partial charge in [0.1, 0.15) is 0 Å². The third-order valence-electron chi connectivity index (χ3n) is 4.58. The van der Waals surface area contributed by atoms with E-state index < -0.39 is 0 Å². The smallest absolute Gasteiger partial charge is 0.00956 e. The summed E-state index contributed by atoms with van der Waals surface area (Å²) in [6.07, 6.45) is 8.49. The molecular weight excluding hydrogens is 170 g/mol. The van der Waals surface area contributed by atoms with Gasteiger partial charge < -0.3 is 5.73 Å². The van der Waals surface area contributed by atoms with Gasteiger partial charge in [-0.3, -0.25) is 0 Å². The average Bonchev–Trinajstić information content (AvgIpc) is 3.00. The van der Waals surface area contributed by atoms with Gasteiger partial charge in [-0.1, -0.05) is 26.7 Å². The first-order valence-electron chi connectivity index (χ1n) is 6.44. The maximum atomic E-state index is 6.38. The lowest BCUT2D eigenvalue weighted by atomic mass is 9.75. The highest BCUT2D eigenvalue weighted by molar-refractivity contribution is 4.89. The van der Waals surface area contributed by atoms with E-state index in [9.17, 15) is 0 Å². The van der Waals surface area contributed by atoms with Crippen LogP contribution >= 0.6 is 0 Å². The molecule has 0 bridgehead atoms. The van der Waals surface area contributed by atoms with Crippen molar-refractivity contribution in [3.8, 4) is 0 Å². The monoisotopic (exact) mass is 195 g/mol. The van der Waals surface area contributed by atoms with Crippen LogP contribution in [0.5, 0.6) is 0 Å². The molecule has 0 aromatic carbocycles. The van der Waals surface area contributed by atoms with Crippen LogP contribution in [-0.2, 0) is 0 Å². The quantitative estimate of drug-likeness (QED) is 0.735. The lowest BCUT2D eigenvalue weighted by Gasteiger charge is -2.33. The fourth-order valence-electron chi connectivity index (χ4n) is 3.04. The van der Waals surface area contributed by atoms with E-state index in [2.05, 4.69) is 13.8 Å². The lowest BCUT2D eigenvalue weighted by Crippen LogP contribution is -2.39. The second-order valence-electron chi connectivity index (χ2n) is 5.79. The van der Waals surface area contributed by atoms with E-state index in [0.29, 0.717) is 6.04 Å². The summed E-state index contributed by atoms with van der Waals surface area (Å²) in [7, 11) is 0. The van der Waals surface area contributed by atoms with Crippen LogP contribution in [0.15, 0.2) is 0 Å². The van der Waals surface area contributed by atoms with Gasteiger partial charge in [-0.2, -0.15) is 0 Å². The van der Waals surface area contributed by atoms with Gasteiger partial charge in [0, 0.05) is 6.04 Å². The molecule has 2 fully saturated rings. The lowest BCUT2D eigenvalue weighted by molar-refractivity contribution is 0.208. The SMILES string of the molecule is CC1CCC(C(N)C(C)C2CC2)CC1. The van der Waals surface area contributed by atoms with Crippen LogP contribution in [0, 0.1) is 23.7 Å². The summed E-state index contributed by atoms with van der Waals surface area (Å²) >= 11 is 0. The van der Waals surface area contributed by atoms with Gasteiger partial charge in [-0.15, -0.1) is 0 Å². The zero-order valence-corrected chi connectivity index (χ0v) is 9.71. The van der Waals surface area contributed by atoms with Crippen molar-refractivity contribution in [2.45, 2.75) is 58.4 Å². The minimum absolute atomic E-state index is 0.495. The molecule has 0 saturated heterocycles. The molecule has 1 heteroatoms. The molecule has 82 valence electrons. The van der Waals surface area contributed by atoms with Crippen LogP contribution in [0.4, 0.5) is 0 Å². The van der Waals surface area contributed by atoms with Crippen molar-refractivity contribution >= 4 is 0 Å². The van der Waals surface area contributed by atoms with E-state index >= 15 is 0 Å². The Morgan fingerprint density at radius 3 is 1.93 bits per heavy atom. The highest BCUT2D eigenvalue weighted by Gasteiger charge is 2.35. The molecule has 0 amide bonds. The van der Waals surface area contributed by atoms with Crippen LogP contribution in [0.1, 0.15) is 52.4 Å². The van der Waals surface area contributed by atoms with Gasteiger partial charge in [-0.25, -0.2) is 0 Å². The number of hydrogen-bond acceptors (Lipinski definition) is 1. The molecule has 0 radical (unpaired) electrons. The normalized spacial score (nSPS) is 37.9. The van der Waals surface area contributed by atoms with Crippen molar-refractivity contribution in [2.24, 2.45) is 29.4 Å². The van der Waals surface area contributed by atoms with E-state index in [1.54, 1.807) is 0 Å². The minimum atomic E-state index is 0.495. The van der Waals surface area contributed by atoms with Crippen LogP contribution in [-0.4, -0.2) is 6.04 Å². The number of hydrogen-bond donors (Lipinski definition) is 1. The van der Waals surface area contributed by atoms with Crippen LogP contribution in [0.25, 0.3) is 0 Å². The predicted molar refractivity (Wildman–Crippen MR) is 61.0 cm³/mol. The molecule has 2 N–H and O–H groups in total. The zero-order valence-electron chi connectivity index (χ0n) is 9.71. The van der Waals surface area contributed by atoms with Crippen molar-refractivity contribution in [2.75, 3.05) is 0 Å². The standard InChI is InChI=1S/C13H25N/c1-9-3-5-12(6-4-9)13(14)10(2)11-7-8-11/h9-13H,3-8,14H2,1-2H3. The molecular formula is C13H25N. The molecule has 0 spiro atoms. The molecule has 2 atom stereocenters. The summed E-state index contributed by atoms with van der Waals surface area (Å²) < 4.78 is 0. The molecule has 1 nitrogen and oxygen atoms in total. The van der Waals surface area contributed by atoms with Gasteiger partial charge in [0.25, 0.3) is 0 Å². The third kappa shape index (κ3) is 2.31. The first-order chi connectivity index (χ1) is 6.68. The molecule has 2 saturated carbocycles. The fourth-order valence-corrected chi connectivity index (χ4v) is 3.04. The first kappa shape index (κ1) is 10.5. The van der Waals surface area contributed by atoms with Crippen molar-refractivity contribution in [1.29, 1.82) is 0 Å². The van der Waals surface area contributed by atoms with E-state index in [4.69, 9.17) is 5.73 Å². The average molecular weight is 195 g/mol. The van der Waals surface area contributed by atoms with Crippen LogP contribution in [0.2, 0.25) is 0 Å². The Hall–Kier alpha value is -0.0400. The Balaban J connectivity index is 1.81. The molecule has 14 heavy (non-hydrogen) atoms. The molecule has 0 heterocycles. The van der Waals surface area contributed by atoms with E-state index in [0.717, 1.165) is 23.7 Å². The topological polar surface area (TPSA) is 26.0 Å². The van der Waals surface area contributed by atoms with Gasteiger partial charge in [0.15, 0.2) is 0 Å². The fraction of sp³-hybridized carbons (Fsp3) is 1.00. The maximum absolute atomic E-state index is 6.38. The second kappa shape index (κ2) is 4.22. The maximum Gasteiger partial charge on any atom is 0.00956 e. The first-order valence-corrected chi connectivity index (χ1v) is 6.44. The Morgan fingerprint density at radius 2 is 1.43 bits per heavy atom. The van der Waals surface area contributed by atoms with Crippen molar-refractivity contribution in [3.63, 3.8) is 0 Å². The molecule has 0 aromatic heterocycles. The summed E-state index contributed by atoms with van der Waals surface area (Å²) in [5.74, 6) is 3.55. The molecule has 2 unspecified atom stereocenters. The summed E-state index contributed by atoms with van der Waals surface area (Å²) in [6.45, 7) is 4.76. The van der Waals surface area contributed by atoms with Gasteiger partial charge in [0.2, 0.25) is 0 Å². The van der Waals surface area contributed by atoms with E-state index in [1.165, 1.54) is 38.5 Å². The van der Waals surface area contributed by atoms with Crippen LogP contribution < -0.4 is 5.73 Å². The van der Waals surface area contributed by atoms with Crippen molar-refractivity contribution in [1.82, 2.24) is 0 Å². The molecule has 2 aliphatic rings. The summed E-state index contributed by atoms with van der Waals surface area (Å²) in [5.41, 5.74) is 6.38. The third-order valence-corrected chi connectivity index (χ3v) is 4.58. The van der Waals surface area contributed by atoms with E-state index in [1.807, 2.05) is 0 Å². The van der Waals surface area contributed by atoms with Gasteiger partial charge in [-0.05, 0) is 49.4 Å². The second-order valence-corrected chi connectivity index (χ2v) is 5.79. The van der Waals surface area contributed by atoms with E-state index in [-0.39, 0.29) is 0 Å². The van der Waals surface area contributed by atoms with Gasteiger partial charge in [0.05, 0.1) is 0 Å². The largest absolute Gasteiger partial charge is 0.327 e. The Morgan fingerprint density at radius 1 is 0.929 bits per heavy atom. The van der Waals surface area contributed by atoms with Gasteiger partial charge >= 0.3 is 0 Å². The van der Waals surface area contributed by atoms with Crippen molar-refractivity contribution in [3.05, 3.63) is 0 Å². The Bertz CT molecular complexity index is 178. The predicted octanol–water partition coefficient (Wildman–Crippen LogP) is 3.19. The Labute approximate surface area is 88.4 Å². The number of rotatable bonds is 3. The number of nitrogens with two attached hydrogens (primary N) is 1. The molecule has 2 rings (SSSR count). The Kier molecular flexibility index (Phi) is 3.16. The van der Waals surface area contributed by atoms with Crippen LogP contribution in [0.3, 0.4) is 0 Å². The minimum Gasteiger partial charge on any atom is -0.327 e.